The summed E-state index contributed by atoms with van der Waals surface area (Å²) in [4.78, 5) is 4.73. The third-order valence-electron chi connectivity index (χ3n) is 4.48. The predicted octanol–water partition coefficient (Wildman–Crippen LogP) is 2.92. The zero-order valence-electron chi connectivity index (χ0n) is 12.8. The summed E-state index contributed by atoms with van der Waals surface area (Å²) in [5, 5.41) is 13.2. The zero-order chi connectivity index (χ0) is 16.1. The minimum absolute atomic E-state index is 0.208. The molecule has 0 saturated heterocycles. The molecule has 3 atom stereocenters. The Bertz CT molecular complexity index is 1020. The highest BCUT2D eigenvalue weighted by Gasteiger charge is 2.33. The molecule has 7 heteroatoms. The second-order valence-corrected chi connectivity index (χ2v) is 6.78. The van der Waals surface area contributed by atoms with Gasteiger partial charge in [0.1, 0.15) is 11.3 Å². The van der Waals surface area contributed by atoms with Crippen LogP contribution in [0.25, 0.3) is 17.0 Å². The average Bonchev–Trinajstić information content (AvgIpc) is 3.30. The molecule has 0 aliphatic carbocycles. The van der Waals surface area contributed by atoms with Crippen LogP contribution in [0.2, 0.25) is 0 Å². The monoisotopic (exact) mass is 334 g/mol. The molecule has 2 aromatic heterocycles. The fourth-order valence-corrected chi connectivity index (χ4v) is 3.80. The Morgan fingerprint density at radius 1 is 1.00 bits per heavy atom. The van der Waals surface area contributed by atoms with Crippen molar-refractivity contribution >= 4 is 20.3 Å². The van der Waals surface area contributed by atoms with Gasteiger partial charge in [-0.05, 0) is 24.1 Å². The van der Waals surface area contributed by atoms with Crippen molar-refractivity contribution in [3.05, 3.63) is 66.0 Å². The van der Waals surface area contributed by atoms with Crippen LogP contribution in [0.15, 0.2) is 54.6 Å². The SMILES string of the molecule is PC1CC(c2ccccc2)n2nc(-n3nnc4ccccc43)nc21. The van der Waals surface area contributed by atoms with Crippen LogP contribution in [-0.4, -0.2) is 29.8 Å². The second kappa shape index (κ2) is 5.21. The molecule has 0 N–H and O–H groups in total. The van der Waals surface area contributed by atoms with Gasteiger partial charge in [0.05, 0.1) is 11.6 Å². The Hall–Kier alpha value is -2.59. The van der Waals surface area contributed by atoms with Crippen molar-refractivity contribution in [2.75, 3.05) is 0 Å². The van der Waals surface area contributed by atoms with Crippen LogP contribution in [0.5, 0.6) is 0 Å². The van der Waals surface area contributed by atoms with Gasteiger partial charge in [-0.3, -0.25) is 0 Å². The number of hydrogen-bond acceptors (Lipinski definition) is 4. The Labute approximate surface area is 140 Å². The van der Waals surface area contributed by atoms with Crippen LogP contribution in [0.3, 0.4) is 0 Å². The van der Waals surface area contributed by atoms with Crippen molar-refractivity contribution in [1.82, 2.24) is 29.8 Å². The van der Waals surface area contributed by atoms with Crippen molar-refractivity contribution < 1.29 is 0 Å². The largest absolute Gasteiger partial charge is 0.271 e. The van der Waals surface area contributed by atoms with E-state index >= 15 is 0 Å². The van der Waals surface area contributed by atoms with Gasteiger partial charge in [0.15, 0.2) is 0 Å². The molecule has 24 heavy (non-hydrogen) atoms. The van der Waals surface area contributed by atoms with Crippen LogP contribution in [0.1, 0.15) is 29.5 Å². The molecule has 0 fully saturated rings. The number of nitrogens with zero attached hydrogens (tertiary/aromatic N) is 6. The molecule has 0 amide bonds. The quantitative estimate of drug-likeness (QED) is 0.529. The first-order valence-electron chi connectivity index (χ1n) is 7.89. The van der Waals surface area contributed by atoms with Crippen LogP contribution in [0, 0.1) is 0 Å². The van der Waals surface area contributed by atoms with E-state index in [9.17, 15) is 0 Å². The molecular weight excluding hydrogens is 319 g/mol. The molecule has 2 aromatic carbocycles. The van der Waals surface area contributed by atoms with Crippen LogP contribution < -0.4 is 0 Å². The van der Waals surface area contributed by atoms with Crippen LogP contribution >= 0.6 is 9.24 Å². The molecule has 0 radical (unpaired) electrons. The Balaban J connectivity index is 1.63. The summed E-state index contributed by atoms with van der Waals surface area (Å²) >= 11 is 0. The maximum Gasteiger partial charge on any atom is 0.271 e. The standard InChI is InChI=1S/C17H15N6P/c24-15-10-14(11-6-2-1-3-7-11)22-16(15)18-17(20-22)23-13-9-5-4-8-12(13)19-21-23/h1-9,14-15H,10,24H2. The highest BCUT2D eigenvalue weighted by molar-refractivity contribution is 7.17. The van der Waals surface area contributed by atoms with Gasteiger partial charge >= 0.3 is 0 Å². The van der Waals surface area contributed by atoms with Crippen LogP contribution in [0.4, 0.5) is 0 Å². The van der Waals surface area contributed by atoms with E-state index in [1.165, 1.54) is 5.56 Å². The van der Waals surface area contributed by atoms with Crippen LogP contribution in [-0.2, 0) is 0 Å². The minimum Gasteiger partial charge on any atom is -0.240 e. The molecule has 0 bridgehead atoms. The maximum absolute atomic E-state index is 4.74. The summed E-state index contributed by atoms with van der Waals surface area (Å²) in [5.41, 5.74) is 3.29. The summed E-state index contributed by atoms with van der Waals surface area (Å²) in [6.45, 7) is 0. The third-order valence-corrected chi connectivity index (χ3v) is 5.05. The predicted molar refractivity (Wildman–Crippen MR) is 94.1 cm³/mol. The summed E-state index contributed by atoms with van der Waals surface area (Å²) < 4.78 is 3.74. The molecule has 4 aromatic rings. The number of hydrogen-bond donors (Lipinski definition) is 0. The molecule has 1 aliphatic rings. The summed E-state index contributed by atoms with van der Waals surface area (Å²) in [7, 11) is 2.88. The zero-order valence-corrected chi connectivity index (χ0v) is 14.0. The first-order chi connectivity index (χ1) is 11.8. The highest BCUT2D eigenvalue weighted by atomic mass is 31.0. The molecule has 118 valence electrons. The van der Waals surface area contributed by atoms with Crippen molar-refractivity contribution in [2.45, 2.75) is 18.1 Å². The summed E-state index contributed by atoms with van der Waals surface area (Å²) in [6.07, 6.45) is 0.988. The van der Waals surface area contributed by atoms with Gasteiger partial charge < -0.3 is 0 Å². The Morgan fingerprint density at radius 2 is 1.79 bits per heavy atom. The smallest absolute Gasteiger partial charge is 0.240 e. The van der Waals surface area contributed by atoms with Crippen molar-refractivity contribution in [3.8, 4) is 5.95 Å². The lowest BCUT2D eigenvalue weighted by Gasteiger charge is -2.11. The van der Waals surface area contributed by atoms with Gasteiger partial charge in [-0.25, -0.2) is 4.68 Å². The molecule has 0 saturated carbocycles. The van der Waals surface area contributed by atoms with Crippen molar-refractivity contribution in [2.24, 2.45) is 0 Å². The number of fused-ring (bicyclic) bond motifs is 2. The first-order valence-corrected chi connectivity index (χ1v) is 8.56. The van der Waals surface area contributed by atoms with E-state index in [-0.39, 0.29) is 11.7 Å². The Morgan fingerprint density at radius 3 is 2.67 bits per heavy atom. The van der Waals surface area contributed by atoms with Gasteiger partial charge in [0.25, 0.3) is 5.95 Å². The van der Waals surface area contributed by atoms with Crippen molar-refractivity contribution in [1.29, 1.82) is 0 Å². The lowest BCUT2D eigenvalue weighted by atomic mass is 10.1. The molecule has 3 unspecified atom stereocenters. The van der Waals surface area contributed by atoms with Gasteiger partial charge in [-0.15, -0.1) is 19.4 Å². The van der Waals surface area contributed by atoms with E-state index < -0.39 is 0 Å². The molecule has 6 nitrogen and oxygen atoms in total. The molecular formula is C17H15N6P. The fraction of sp³-hybridized carbons (Fsp3) is 0.176. The van der Waals surface area contributed by atoms with Gasteiger partial charge in [-0.1, -0.05) is 47.7 Å². The van der Waals surface area contributed by atoms with Crippen molar-refractivity contribution in [3.63, 3.8) is 0 Å². The van der Waals surface area contributed by atoms with Gasteiger partial charge in [-0.2, -0.15) is 9.67 Å². The van der Waals surface area contributed by atoms with E-state index in [0.29, 0.717) is 5.95 Å². The molecule has 3 heterocycles. The number of para-hydroxylation sites is 1. The lowest BCUT2D eigenvalue weighted by molar-refractivity contribution is 0.548. The number of benzene rings is 2. The molecule has 5 rings (SSSR count). The highest BCUT2D eigenvalue weighted by Crippen LogP contribution is 2.42. The van der Waals surface area contributed by atoms with E-state index in [2.05, 4.69) is 43.8 Å². The van der Waals surface area contributed by atoms with Gasteiger partial charge in [0.2, 0.25) is 0 Å². The van der Waals surface area contributed by atoms with E-state index in [0.717, 1.165) is 23.3 Å². The normalized spacial score (nSPS) is 19.7. The Kier molecular flexibility index (Phi) is 3.00. The minimum atomic E-state index is 0.208. The third kappa shape index (κ3) is 2.00. The maximum atomic E-state index is 4.74. The molecule has 0 spiro atoms. The van der Waals surface area contributed by atoms with Gasteiger partial charge in [0, 0.05) is 5.66 Å². The average molecular weight is 334 g/mol. The van der Waals surface area contributed by atoms with E-state index in [1.807, 2.05) is 35.0 Å². The topological polar surface area (TPSA) is 61.4 Å². The first kappa shape index (κ1) is 13.8. The summed E-state index contributed by atoms with van der Waals surface area (Å²) in [6, 6.07) is 18.5. The van der Waals surface area contributed by atoms with E-state index in [1.54, 1.807) is 4.68 Å². The second-order valence-electron chi connectivity index (χ2n) is 5.97. The number of rotatable bonds is 2. The summed E-state index contributed by atoms with van der Waals surface area (Å²) in [5.74, 6) is 1.55. The molecule has 1 aliphatic heterocycles. The lowest BCUT2D eigenvalue weighted by Crippen LogP contribution is -2.08. The van der Waals surface area contributed by atoms with E-state index in [4.69, 9.17) is 10.1 Å². The number of aromatic nitrogens is 6. The fourth-order valence-electron chi connectivity index (χ4n) is 3.31.